The highest BCUT2D eigenvalue weighted by Crippen LogP contribution is 2.24. The molecule has 0 atom stereocenters. The number of hydrogen-bond donors (Lipinski definition) is 0. The van der Waals surface area contributed by atoms with E-state index in [1.807, 2.05) is 36.4 Å². The summed E-state index contributed by atoms with van der Waals surface area (Å²) >= 11 is 0. The third-order valence-corrected chi connectivity index (χ3v) is 4.66. The minimum atomic E-state index is -0.277. The molecular weight excluding hydrogens is 352 g/mol. The molecule has 1 aliphatic heterocycles. The van der Waals surface area contributed by atoms with Gasteiger partial charge in [-0.15, -0.1) is 0 Å². The van der Waals surface area contributed by atoms with E-state index in [9.17, 15) is 9.59 Å². The molecule has 0 saturated carbocycles. The fraction of sp³-hybridized carbons (Fsp3) is 0.0870. The molecular formula is C23H16N2O3. The van der Waals surface area contributed by atoms with Crippen LogP contribution >= 0.6 is 0 Å². The summed E-state index contributed by atoms with van der Waals surface area (Å²) in [5, 5.41) is 8.87. The normalized spacial score (nSPS) is 12.6. The summed E-state index contributed by atoms with van der Waals surface area (Å²) in [5.41, 5.74) is 3.53. The van der Waals surface area contributed by atoms with Crippen LogP contribution in [-0.2, 0) is 0 Å². The third kappa shape index (κ3) is 3.24. The summed E-state index contributed by atoms with van der Waals surface area (Å²) in [6.45, 7) is 0.422. The monoisotopic (exact) mass is 368 g/mol. The maximum atomic E-state index is 12.3. The van der Waals surface area contributed by atoms with E-state index in [2.05, 4.69) is 6.07 Å². The molecule has 4 rings (SSSR count). The molecule has 0 bridgehead atoms. The smallest absolute Gasteiger partial charge is 0.261 e. The zero-order valence-corrected chi connectivity index (χ0v) is 15.0. The third-order valence-electron chi connectivity index (χ3n) is 4.66. The minimum Gasteiger partial charge on any atom is -0.492 e. The summed E-state index contributed by atoms with van der Waals surface area (Å²) in [6.07, 6.45) is 0. The van der Waals surface area contributed by atoms with Crippen molar-refractivity contribution >= 4 is 11.8 Å². The van der Waals surface area contributed by atoms with Crippen molar-refractivity contribution in [3.8, 4) is 22.9 Å². The Bertz CT molecular complexity index is 1050. The number of carbonyl (C=O) groups is 2. The Morgan fingerprint density at radius 3 is 1.86 bits per heavy atom. The van der Waals surface area contributed by atoms with Crippen molar-refractivity contribution in [2.24, 2.45) is 0 Å². The maximum Gasteiger partial charge on any atom is 0.261 e. The number of nitrogens with zero attached hydrogens (tertiary/aromatic N) is 2. The van der Waals surface area contributed by atoms with E-state index in [0.717, 1.165) is 11.1 Å². The quantitative estimate of drug-likeness (QED) is 0.641. The average molecular weight is 368 g/mol. The molecule has 0 spiro atoms. The molecule has 0 radical (unpaired) electrons. The molecule has 136 valence electrons. The SMILES string of the molecule is N#Cc1ccc(-c2ccc(OCCN3C(=O)c4ccccc4C3=O)cc2)cc1. The van der Waals surface area contributed by atoms with Crippen LogP contribution in [0.25, 0.3) is 11.1 Å². The van der Waals surface area contributed by atoms with E-state index in [0.29, 0.717) is 22.4 Å². The predicted molar refractivity (Wildman–Crippen MR) is 104 cm³/mol. The summed E-state index contributed by atoms with van der Waals surface area (Å²) in [4.78, 5) is 25.9. The predicted octanol–water partition coefficient (Wildman–Crippen LogP) is 3.90. The number of amides is 2. The van der Waals surface area contributed by atoms with Gasteiger partial charge in [-0.1, -0.05) is 36.4 Å². The van der Waals surface area contributed by atoms with E-state index < -0.39 is 0 Å². The first-order chi connectivity index (χ1) is 13.7. The number of imide groups is 1. The summed E-state index contributed by atoms with van der Waals surface area (Å²) in [6, 6.07) is 23.8. The van der Waals surface area contributed by atoms with Gasteiger partial charge in [0.1, 0.15) is 12.4 Å². The number of hydrogen-bond acceptors (Lipinski definition) is 4. The van der Waals surface area contributed by atoms with Gasteiger partial charge in [-0.25, -0.2) is 0 Å². The zero-order chi connectivity index (χ0) is 19.5. The molecule has 0 aromatic heterocycles. The van der Waals surface area contributed by atoms with Crippen molar-refractivity contribution in [2.75, 3.05) is 13.2 Å². The van der Waals surface area contributed by atoms with Crippen molar-refractivity contribution < 1.29 is 14.3 Å². The van der Waals surface area contributed by atoms with E-state index in [1.54, 1.807) is 36.4 Å². The number of rotatable bonds is 5. The van der Waals surface area contributed by atoms with Gasteiger partial charge in [-0.3, -0.25) is 14.5 Å². The Morgan fingerprint density at radius 1 is 0.786 bits per heavy atom. The number of ether oxygens (including phenoxy) is 1. The fourth-order valence-electron chi connectivity index (χ4n) is 3.18. The van der Waals surface area contributed by atoms with E-state index in [4.69, 9.17) is 10.00 Å². The van der Waals surface area contributed by atoms with E-state index in [1.165, 1.54) is 4.90 Å². The van der Waals surface area contributed by atoms with Crippen LogP contribution in [0.3, 0.4) is 0 Å². The Morgan fingerprint density at radius 2 is 1.32 bits per heavy atom. The molecule has 5 nitrogen and oxygen atoms in total. The van der Waals surface area contributed by atoms with Gasteiger partial charge in [0, 0.05) is 0 Å². The molecule has 0 N–H and O–H groups in total. The van der Waals surface area contributed by atoms with Crippen LogP contribution in [0.2, 0.25) is 0 Å². The highest BCUT2D eigenvalue weighted by Gasteiger charge is 2.34. The highest BCUT2D eigenvalue weighted by molar-refractivity contribution is 6.21. The van der Waals surface area contributed by atoms with Crippen LogP contribution in [-0.4, -0.2) is 29.9 Å². The molecule has 5 heteroatoms. The highest BCUT2D eigenvalue weighted by atomic mass is 16.5. The Hall–Kier alpha value is -3.91. The Balaban J connectivity index is 1.36. The molecule has 0 saturated heterocycles. The Labute approximate surface area is 162 Å². The number of fused-ring (bicyclic) bond motifs is 1. The second kappa shape index (κ2) is 7.37. The van der Waals surface area contributed by atoms with Gasteiger partial charge in [0.25, 0.3) is 11.8 Å². The number of nitriles is 1. The van der Waals surface area contributed by atoms with Crippen LogP contribution in [0.15, 0.2) is 72.8 Å². The van der Waals surface area contributed by atoms with Gasteiger partial charge in [-0.05, 0) is 47.5 Å². The van der Waals surface area contributed by atoms with Crippen LogP contribution in [0.5, 0.6) is 5.75 Å². The fourth-order valence-corrected chi connectivity index (χ4v) is 3.18. The standard InChI is InChI=1S/C23H16N2O3/c24-15-16-5-7-17(8-6-16)18-9-11-19(12-10-18)28-14-13-25-22(26)20-3-1-2-4-21(20)23(25)27/h1-12H,13-14H2. The van der Waals surface area contributed by atoms with Crippen molar-refractivity contribution in [3.05, 3.63) is 89.5 Å². The van der Waals surface area contributed by atoms with Gasteiger partial charge < -0.3 is 4.74 Å². The van der Waals surface area contributed by atoms with Crippen molar-refractivity contribution in [2.45, 2.75) is 0 Å². The molecule has 3 aromatic carbocycles. The average Bonchev–Trinajstić information content (AvgIpc) is 2.99. The summed E-state index contributed by atoms with van der Waals surface area (Å²) < 4.78 is 5.70. The second-order valence-corrected chi connectivity index (χ2v) is 6.37. The first kappa shape index (κ1) is 17.5. The van der Waals surface area contributed by atoms with Crippen molar-refractivity contribution in [1.82, 2.24) is 4.90 Å². The van der Waals surface area contributed by atoms with Gasteiger partial charge in [0.2, 0.25) is 0 Å². The molecule has 28 heavy (non-hydrogen) atoms. The first-order valence-electron chi connectivity index (χ1n) is 8.86. The van der Waals surface area contributed by atoms with E-state index in [-0.39, 0.29) is 25.0 Å². The van der Waals surface area contributed by atoms with E-state index >= 15 is 0 Å². The summed E-state index contributed by atoms with van der Waals surface area (Å²) in [5.74, 6) is 0.106. The van der Waals surface area contributed by atoms with Gasteiger partial charge in [0.05, 0.1) is 29.3 Å². The van der Waals surface area contributed by atoms with Crippen LogP contribution in [0.1, 0.15) is 26.3 Å². The molecule has 2 amide bonds. The lowest BCUT2D eigenvalue weighted by Crippen LogP contribution is -2.33. The lowest BCUT2D eigenvalue weighted by atomic mass is 10.0. The Kier molecular flexibility index (Phi) is 4.61. The molecule has 3 aromatic rings. The number of carbonyl (C=O) groups excluding carboxylic acids is 2. The summed E-state index contributed by atoms with van der Waals surface area (Å²) in [7, 11) is 0. The van der Waals surface area contributed by atoms with Gasteiger partial charge >= 0.3 is 0 Å². The van der Waals surface area contributed by atoms with Crippen LogP contribution in [0, 0.1) is 11.3 Å². The molecule has 0 aliphatic carbocycles. The first-order valence-corrected chi connectivity index (χ1v) is 8.86. The van der Waals surface area contributed by atoms with Crippen LogP contribution in [0.4, 0.5) is 0 Å². The van der Waals surface area contributed by atoms with Crippen molar-refractivity contribution in [1.29, 1.82) is 5.26 Å². The molecule has 0 unspecified atom stereocenters. The molecule has 1 aliphatic rings. The van der Waals surface area contributed by atoms with Gasteiger partial charge in [0.15, 0.2) is 0 Å². The van der Waals surface area contributed by atoms with Crippen molar-refractivity contribution in [3.63, 3.8) is 0 Å². The topological polar surface area (TPSA) is 70.4 Å². The van der Waals surface area contributed by atoms with Crippen LogP contribution < -0.4 is 4.74 Å². The lowest BCUT2D eigenvalue weighted by Gasteiger charge is -2.14. The minimum absolute atomic E-state index is 0.198. The largest absolute Gasteiger partial charge is 0.492 e. The molecule has 1 heterocycles. The van der Waals surface area contributed by atoms with Gasteiger partial charge in [-0.2, -0.15) is 5.26 Å². The molecule has 0 fully saturated rings. The lowest BCUT2D eigenvalue weighted by molar-refractivity contribution is 0.0631. The second-order valence-electron chi connectivity index (χ2n) is 6.37. The maximum absolute atomic E-state index is 12.3. The number of benzene rings is 3. The zero-order valence-electron chi connectivity index (χ0n) is 15.0.